The maximum Gasteiger partial charge on any atom is 0.220 e. The molecule has 19 heteroatoms. The molecule has 0 bridgehead atoms. The number of aliphatic hydroxyl groups excluding tert-OH is 11. The molecular weight excluding hydrogens is 1440 g/mol. The van der Waals surface area contributed by atoms with Crippen molar-refractivity contribution in [2.75, 3.05) is 26.4 Å². The SMILES string of the molecule is CC/C=C\C/C=C\C/C=C\C/C=C\C/C=C\C/C=C\CCCCCCCCCCCCCCCCCCCCCCC(=O)NC(COC1OC(CO)C(OC2OC(CO)C(OC3OC(CO)C(O)C(O)C3O)C(O)C2O)C(O)C1O)C(O)/C=C/CC/C=C/CCCCCCCCCCCCCCCCCCCCCCCCCC. The standard InChI is InChI=1S/C95H169NO18/c1-3-5-7-9-11-13-15-17-19-21-23-25-27-29-31-33-35-36-37-38-39-40-41-42-43-45-47-49-51-53-55-57-59-61-63-65-67-69-71-73-83(101)96-78(79(100)72-70-68-66-64-62-60-58-56-54-52-50-48-46-44-34-32-30-28-26-24-22-20-18-16-14-12-10-8-6-4-2)77-109-93-89(107)86(104)91(81(75-98)111-93)114-95-90(108)87(105)92(82(76-99)112-95)113-94-88(106)85(103)84(102)80(74-97)110-94/h5,7,11,13,17,19,23,25,29,31,35-36,62,64,70,72,78-82,84-95,97-100,102-108H,3-4,6,8-10,12,14-16,18,20-22,24,26-28,30,32-34,37-61,63,65-69,71,73-77H2,1-2H3,(H,96,101)/b7-5-,13-11-,19-17-,25-23-,31-29-,36-35-,64-62+,72-70+. The Balaban J connectivity index is 1.32. The maximum absolute atomic E-state index is 13.5. The molecule has 3 saturated heterocycles. The Morgan fingerprint density at radius 3 is 0.982 bits per heavy atom. The molecule has 3 aliphatic heterocycles. The predicted octanol–water partition coefficient (Wildman–Crippen LogP) is 18.2. The van der Waals surface area contributed by atoms with Crippen molar-refractivity contribution in [2.45, 2.75) is 471 Å². The molecule has 0 aromatic rings. The average molecular weight is 1610 g/mol. The largest absolute Gasteiger partial charge is 0.394 e. The molecule has 0 aromatic heterocycles. The summed E-state index contributed by atoms with van der Waals surface area (Å²) < 4.78 is 34.5. The minimum atomic E-state index is -1.98. The zero-order chi connectivity index (χ0) is 82.4. The highest BCUT2D eigenvalue weighted by atomic mass is 16.8. The zero-order valence-corrected chi connectivity index (χ0v) is 71.5. The Labute approximate surface area is 692 Å². The van der Waals surface area contributed by atoms with Gasteiger partial charge in [-0.15, -0.1) is 0 Å². The van der Waals surface area contributed by atoms with E-state index in [9.17, 15) is 61.0 Å². The van der Waals surface area contributed by atoms with Crippen LogP contribution in [-0.2, 0) is 33.2 Å². The fourth-order valence-electron chi connectivity index (χ4n) is 15.3. The van der Waals surface area contributed by atoms with E-state index in [1.54, 1.807) is 6.08 Å². The fourth-order valence-corrected chi connectivity index (χ4v) is 15.3. The maximum atomic E-state index is 13.5. The number of hydrogen-bond acceptors (Lipinski definition) is 18. The Kier molecular flexibility index (Phi) is 67.7. The third-order valence-electron chi connectivity index (χ3n) is 22.6. The van der Waals surface area contributed by atoms with Gasteiger partial charge in [0.25, 0.3) is 0 Å². The minimum Gasteiger partial charge on any atom is -0.394 e. The monoisotopic (exact) mass is 1610 g/mol. The third-order valence-corrected chi connectivity index (χ3v) is 22.6. The first-order valence-corrected chi connectivity index (χ1v) is 46.5. The number of unbranched alkanes of at least 4 members (excludes halogenated alkanes) is 45. The summed E-state index contributed by atoms with van der Waals surface area (Å²) in [4.78, 5) is 13.5. The van der Waals surface area contributed by atoms with E-state index >= 15 is 0 Å². The molecule has 17 atom stereocenters. The average Bonchev–Trinajstić information content (AvgIpc) is 0.783. The second-order valence-electron chi connectivity index (χ2n) is 32.7. The van der Waals surface area contributed by atoms with Crippen LogP contribution in [0.25, 0.3) is 0 Å². The summed E-state index contributed by atoms with van der Waals surface area (Å²) >= 11 is 0. The van der Waals surface area contributed by atoms with Gasteiger partial charge in [-0.3, -0.25) is 4.79 Å². The Morgan fingerprint density at radius 2 is 0.614 bits per heavy atom. The van der Waals surface area contributed by atoms with Crippen molar-refractivity contribution in [1.82, 2.24) is 5.32 Å². The molecule has 662 valence electrons. The van der Waals surface area contributed by atoms with Crippen LogP contribution in [0.2, 0.25) is 0 Å². The van der Waals surface area contributed by atoms with E-state index in [0.717, 1.165) is 77.0 Å². The quantitative estimate of drug-likeness (QED) is 0.0199. The van der Waals surface area contributed by atoms with Gasteiger partial charge in [0, 0.05) is 6.42 Å². The van der Waals surface area contributed by atoms with Gasteiger partial charge in [-0.2, -0.15) is 0 Å². The number of nitrogens with one attached hydrogen (secondary N) is 1. The van der Waals surface area contributed by atoms with Crippen LogP contribution in [0.3, 0.4) is 0 Å². The van der Waals surface area contributed by atoms with Crippen LogP contribution in [0, 0.1) is 0 Å². The molecule has 0 aromatic carbocycles. The summed E-state index contributed by atoms with van der Waals surface area (Å²) in [6.07, 6.45) is 75.7. The first kappa shape index (κ1) is 105. The highest BCUT2D eigenvalue weighted by molar-refractivity contribution is 5.76. The smallest absolute Gasteiger partial charge is 0.220 e. The molecule has 1 amide bonds. The van der Waals surface area contributed by atoms with Crippen LogP contribution >= 0.6 is 0 Å². The minimum absolute atomic E-state index is 0.235. The van der Waals surface area contributed by atoms with Crippen molar-refractivity contribution in [3.63, 3.8) is 0 Å². The van der Waals surface area contributed by atoms with Gasteiger partial charge in [-0.25, -0.2) is 0 Å². The van der Waals surface area contributed by atoms with Crippen molar-refractivity contribution < 1.29 is 89.4 Å². The van der Waals surface area contributed by atoms with E-state index in [2.05, 4.69) is 104 Å². The normalized spacial score (nSPS) is 25.1. The lowest BCUT2D eigenvalue weighted by molar-refractivity contribution is -0.379. The van der Waals surface area contributed by atoms with Crippen molar-refractivity contribution in [2.24, 2.45) is 0 Å². The number of aliphatic hydroxyl groups is 11. The van der Waals surface area contributed by atoms with Gasteiger partial charge in [0.2, 0.25) is 5.91 Å². The number of carbonyl (C=O) groups excluding carboxylic acids is 1. The summed E-state index contributed by atoms with van der Waals surface area (Å²) in [5.74, 6) is -0.281. The Bertz CT molecular complexity index is 2430. The van der Waals surface area contributed by atoms with Gasteiger partial charge in [-0.1, -0.05) is 374 Å². The summed E-state index contributed by atoms with van der Waals surface area (Å²) in [6.45, 7) is 1.65. The molecular formula is C95H169NO18. The van der Waals surface area contributed by atoms with E-state index in [4.69, 9.17) is 28.4 Å². The Morgan fingerprint density at radius 1 is 0.325 bits per heavy atom. The lowest BCUT2D eigenvalue weighted by Crippen LogP contribution is -2.66. The molecule has 3 rings (SSSR count). The van der Waals surface area contributed by atoms with E-state index in [-0.39, 0.29) is 18.9 Å². The molecule has 0 aliphatic carbocycles. The lowest BCUT2D eigenvalue weighted by atomic mass is 9.96. The predicted molar refractivity (Wildman–Crippen MR) is 461 cm³/mol. The molecule has 0 saturated carbocycles. The first-order valence-electron chi connectivity index (χ1n) is 46.5. The van der Waals surface area contributed by atoms with Gasteiger partial charge in [-0.05, 0) is 83.5 Å². The molecule has 17 unspecified atom stereocenters. The molecule has 3 aliphatic rings. The van der Waals surface area contributed by atoms with Gasteiger partial charge >= 0.3 is 0 Å². The van der Waals surface area contributed by atoms with Crippen LogP contribution in [0.4, 0.5) is 0 Å². The van der Waals surface area contributed by atoms with Crippen LogP contribution in [0.1, 0.15) is 367 Å². The third kappa shape index (κ3) is 51.4. The molecule has 0 spiro atoms. The fraction of sp³-hybridized carbons (Fsp3) is 0.821. The number of carbonyl (C=O) groups is 1. The van der Waals surface area contributed by atoms with Gasteiger partial charge in [0.15, 0.2) is 18.9 Å². The molecule has 0 radical (unpaired) electrons. The highest BCUT2D eigenvalue weighted by Gasteiger charge is 2.54. The van der Waals surface area contributed by atoms with Crippen molar-refractivity contribution in [3.05, 3.63) is 97.2 Å². The topological polar surface area (TPSA) is 307 Å². The number of ether oxygens (including phenoxy) is 6. The number of amides is 1. The zero-order valence-electron chi connectivity index (χ0n) is 71.5. The van der Waals surface area contributed by atoms with Crippen LogP contribution in [0.15, 0.2) is 97.2 Å². The first-order chi connectivity index (χ1) is 55.8. The number of rotatable bonds is 75. The second-order valence-corrected chi connectivity index (χ2v) is 32.7. The molecule has 3 fully saturated rings. The molecule has 114 heavy (non-hydrogen) atoms. The van der Waals surface area contributed by atoms with Crippen molar-refractivity contribution >= 4 is 5.91 Å². The molecule has 12 N–H and O–H groups in total. The van der Waals surface area contributed by atoms with Crippen LogP contribution in [-0.4, -0.2) is 193 Å². The summed E-state index contributed by atoms with van der Waals surface area (Å²) in [6, 6.07) is -0.995. The summed E-state index contributed by atoms with van der Waals surface area (Å²) in [5.41, 5.74) is 0. The molecule has 3 heterocycles. The highest BCUT2D eigenvalue weighted by Crippen LogP contribution is 2.34. The van der Waals surface area contributed by atoms with Crippen molar-refractivity contribution in [1.29, 1.82) is 0 Å². The van der Waals surface area contributed by atoms with Crippen molar-refractivity contribution in [3.8, 4) is 0 Å². The van der Waals surface area contributed by atoms with Gasteiger partial charge < -0.3 is 89.9 Å². The number of hydrogen-bond donors (Lipinski definition) is 12. The second kappa shape index (κ2) is 73.6. The van der Waals surface area contributed by atoms with E-state index in [1.165, 1.54) is 257 Å². The van der Waals surface area contributed by atoms with Gasteiger partial charge in [0.1, 0.15) is 73.2 Å². The lowest BCUT2D eigenvalue weighted by Gasteiger charge is -2.48. The van der Waals surface area contributed by atoms with Crippen LogP contribution < -0.4 is 5.32 Å². The number of allylic oxidation sites excluding steroid dienone is 15. The molecule has 19 nitrogen and oxygen atoms in total. The summed E-state index contributed by atoms with van der Waals surface area (Å²) in [7, 11) is 0. The van der Waals surface area contributed by atoms with E-state index in [0.29, 0.717) is 12.8 Å². The Hall–Kier alpha value is -3.29. The van der Waals surface area contributed by atoms with E-state index < -0.39 is 124 Å². The summed E-state index contributed by atoms with van der Waals surface area (Å²) in [5, 5.41) is 121. The van der Waals surface area contributed by atoms with E-state index in [1.807, 2.05) is 6.08 Å². The van der Waals surface area contributed by atoms with Gasteiger partial charge in [0.05, 0.1) is 38.6 Å². The van der Waals surface area contributed by atoms with Crippen LogP contribution in [0.5, 0.6) is 0 Å².